The molecule has 4 heterocycles. The lowest BCUT2D eigenvalue weighted by atomic mass is 10.0. The van der Waals surface area contributed by atoms with Crippen molar-refractivity contribution in [2.45, 2.75) is 26.1 Å². The van der Waals surface area contributed by atoms with Crippen LogP contribution in [0.1, 0.15) is 32.9 Å². The van der Waals surface area contributed by atoms with Crippen molar-refractivity contribution in [1.29, 1.82) is 0 Å². The number of pyridine rings is 2. The number of nitrogens with zero attached hydrogens (tertiary/aromatic N) is 4. The number of fused-ring (bicyclic) bond motifs is 2. The third kappa shape index (κ3) is 4.29. The quantitative estimate of drug-likeness (QED) is 0.494. The number of nitrogens with two attached hydrogens (primary N) is 1. The summed E-state index contributed by atoms with van der Waals surface area (Å²) in [4.78, 5) is 23.8. The second-order valence-electron chi connectivity index (χ2n) is 8.42. The number of nitrogens with one attached hydrogen (secondary N) is 1. The molecule has 1 aliphatic rings. The van der Waals surface area contributed by atoms with Crippen molar-refractivity contribution in [2.24, 2.45) is 7.05 Å². The Morgan fingerprint density at radius 2 is 2.12 bits per heavy atom. The van der Waals surface area contributed by atoms with Crippen molar-refractivity contribution in [2.75, 3.05) is 12.3 Å². The predicted molar refractivity (Wildman–Crippen MR) is 125 cm³/mol. The van der Waals surface area contributed by atoms with Crippen molar-refractivity contribution in [1.82, 2.24) is 24.8 Å². The van der Waals surface area contributed by atoms with Crippen molar-refractivity contribution >= 4 is 22.6 Å². The number of carbonyl (C=O) groups excluding carboxylic acids is 1. The molecule has 3 N–H and O–H groups in total. The molecule has 0 spiro atoms. The highest BCUT2D eigenvalue weighted by molar-refractivity contribution is 5.98. The standard InChI is InChI=1S/C25H25FN6O/c1-31-13-17(20-11-18(26)5-6-23(20)31)15-32-9-7-22-16(14-32)10-21(24(27)30-22)25(33)29-12-19-4-2-3-8-28-19/h2-6,8,10-11,13H,7,9,12,14-15H2,1H3,(H2,27,30)(H,29,33). The van der Waals surface area contributed by atoms with Crippen LogP contribution in [0.15, 0.2) is 54.9 Å². The van der Waals surface area contributed by atoms with E-state index in [0.29, 0.717) is 25.2 Å². The summed E-state index contributed by atoms with van der Waals surface area (Å²) >= 11 is 0. The average Bonchev–Trinajstić information content (AvgIpc) is 3.12. The van der Waals surface area contributed by atoms with Crippen molar-refractivity contribution in [3.63, 3.8) is 0 Å². The summed E-state index contributed by atoms with van der Waals surface area (Å²) in [5, 5.41) is 3.79. The van der Waals surface area contributed by atoms with Crippen molar-refractivity contribution in [3.05, 3.63) is 88.8 Å². The zero-order valence-corrected chi connectivity index (χ0v) is 18.4. The van der Waals surface area contributed by atoms with Gasteiger partial charge in [0, 0.05) is 62.1 Å². The summed E-state index contributed by atoms with van der Waals surface area (Å²) in [5.74, 6) is -0.264. The molecule has 0 saturated carbocycles. The number of nitrogen functional groups attached to an aromatic ring is 1. The second kappa shape index (κ2) is 8.63. The maximum Gasteiger partial charge on any atom is 0.255 e. The third-order valence-corrected chi connectivity index (χ3v) is 6.11. The molecule has 7 nitrogen and oxygen atoms in total. The lowest BCUT2D eigenvalue weighted by Gasteiger charge is -2.28. The van der Waals surface area contributed by atoms with Crippen LogP contribution in [0.2, 0.25) is 0 Å². The fourth-order valence-corrected chi connectivity index (χ4v) is 4.44. The minimum absolute atomic E-state index is 0.236. The summed E-state index contributed by atoms with van der Waals surface area (Å²) < 4.78 is 15.9. The first kappa shape index (κ1) is 21.1. The normalized spacial score (nSPS) is 13.8. The van der Waals surface area contributed by atoms with Crippen molar-refractivity contribution < 1.29 is 9.18 Å². The number of hydrogen-bond donors (Lipinski definition) is 2. The topological polar surface area (TPSA) is 89.1 Å². The monoisotopic (exact) mass is 444 g/mol. The summed E-state index contributed by atoms with van der Waals surface area (Å²) in [6, 6.07) is 12.3. The molecule has 0 unspecified atom stereocenters. The molecular weight excluding hydrogens is 419 g/mol. The Kier molecular flexibility index (Phi) is 5.51. The van der Waals surface area contributed by atoms with Gasteiger partial charge >= 0.3 is 0 Å². The van der Waals surface area contributed by atoms with Gasteiger partial charge in [-0.25, -0.2) is 9.37 Å². The van der Waals surface area contributed by atoms with Crippen LogP contribution >= 0.6 is 0 Å². The van der Waals surface area contributed by atoms with E-state index in [2.05, 4.69) is 26.4 Å². The maximum atomic E-state index is 13.8. The zero-order valence-electron chi connectivity index (χ0n) is 18.4. The number of anilines is 1. The predicted octanol–water partition coefficient (Wildman–Crippen LogP) is 3.18. The number of halogens is 1. The Balaban J connectivity index is 1.33. The molecule has 3 aromatic heterocycles. The lowest BCUT2D eigenvalue weighted by Crippen LogP contribution is -2.32. The average molecular weight is 445 g/mol. The van der Waals surface area contributed by atoms with E-state index in [1.54, 1.807) is 12.3 Å². The first-order chi connectivity index (χ1) is 16.0. The number of amides is 1. The highest BCUT2D eigenvalue weighted by Crippen LogP contribution is 2.27. The van der Waals surface area contributed by atoms with Crippen LogP contribution in [0, 0.1) is 5.82 Å². The fourth-order valence-electron chi connectivity index (χ4n) is 4.44. The maximum absolute atomic E-state index is 13.8. The SMILES string of the molecule is Cn1cc(CN2CCc3nc(N)c(C(=O)NCc4ccccn4)cc3C2)c2cc(F)ccc21. The van der Waals surface area contributed by atoms with E-state index in [0.717, 1.165) is 46.4 Å². The first-order valence-corrected chi connectivity index (χ1v) is 10.9. The van der Waals surface area contributed by atoms with Crippen LogP contribution in [-0.2, 0) is 33.1 Å². The van der Waals surface area contributed by atoms with Gasteiger partial charge in [-0.05, 0) is 47.5 Å². The van der Waals surface area contributed by atoms with Crippen LogP contribution in [0.25, 0.3) is 10.9 Å². The van der Waals surface area contributed by atoms with E-state index in [4.69, 9.17) is 5.73 Å². The van der Waals surface area contributed by atoms with Gasteiger partial charge in [-0.1, -0.05) is 6.07 Å². The number of hydrogen-bond acceptors (Lipinski definition) is 5. The third-order valence-electron chi connectivity index (χ3n) is 6.11. The molecule has 1 amide bonds. The highest BCUT2D eigenvalue weighted by atomic mass is 19.1. The number of rotatable bonds is 5. The van der Waals surface area contributed by atoms with E-state index >= 15 is 0 Å². The van der Waals surface area contributed by atoms with E-state index in [9.17, 15) is 9.18 Å². The van der Waals surface area contributed by atoms with Gasteiger partial charge in [-0.3, -0.25) is 14.7 Å². The summed E-state index contributed by atoms with van der Waals surface area (Å²) in [7, 11) is 1.97. The molecule has 4 aromatic rings. The fraction of sp³-hybridized carbons (Fsp3) is 0.240. The van der Waals surface area contributed by atoms with Crippen LogP contribution in [0.5, 0.6) is 0 Å². The molecule has 168 valence electrons. The number of carbonyl (C=O) groups is 1. The van der Waals surface area contributed by atoms with E-state index in [1.165, 1.54) is 6.07 Å². The van der Waals surface area contributed by atoms with Gasteiger partial charge < -0.3 is 15.6 Å². The minimum Gasteiger partial charge on any atom is -0.383 e. The van der Waals surface area contributed by atoms with Gasteiger partial charge in [-0.2, -0.15) is 0 Å². The second-order valence-corrected chi connectivity index (χ2v) is 8.42. The number of aryl methyl sites for hydroxylation is 1. The molecule has 1 aromatic carbocycles. The zero-order chi connectivity index (χ0) is 22.9. The van der Waals surface area contributed by atoms with Gasteiger partial charge in [0.15, 0.2) is 0 Å². The molecule has 8 heteroatoms. The molecule has 0 bridgehead atoms. The molecule has 0 atom stereocenters. The molecular formula is C25H25FN6O. The Morgan fingerprint density at radius 1 is 1.24 bits per heavy atom. The summed E-state index contributed by atoms with van der Waals surface area (Å²) in [5.41, 5.74) is 11.3. The molecule has 33 heavy (non-hydrogen) atoms. The molecule has 1 aliphatic heterocycles. The van der Waals surface area contributed by atoms with E-state index < -0.39 is 0 Å². The number of aromatic nitrogens is 3. The Hall–Kier alpha value is -3.78. The van der Waals surface area contributed by atoms with Crippen LogP contribution in [0.4, 0.5) is 10.2 Å². The van der Waals surface area contributed by atoms with Gasteiger partial charge in [0.25, 0.3) is 5.91 Å². The largest absolute Gasteiger partial charge is 0.383 e. The van der Waals surface area contributed by atoms with E-state index in [-0.39, 0.29) is 17.5 Å². The molecule has 0 radical (unpaired) electrons. The van der Waals surface area contributed by atoms with Crippen LogP contribution < -0.4 is 11.1 Å². The Morgan fingerprint density at radius 3 is 2.94 bits per heavy atom. The Bertz CT molecular complexity index is 1330. The number of benzene rings is 1. The molecule has 0 fully saturated rings. The summed E-state index contributed by atoms with van der Waals surface area (Å²) in [6.45, 7) is 2.47. The van der Waals surface area contributed by atoms with Gasteiger partial charge in [0.1, 0.15) is 11.6 Å². The first-order valence-electron chi connectivity index (χ1n) is 10.9. The Labute approximate surface area is 191 Å². The molecule has 5 rings (SSSR count). The summed E-state index contributed by atoms with van der Waals surface area (Å²) in [6.07, 6.45) is 4.49. The lowest BCUT2D eigenvalue weighted by molar-refractivity contribution is 0.0950. The van der Waals surface area contributed by atoms with Crippen LogP contribution in [0.3, 0.4) is 0 Å². The van der Waals surface area contributed by atoms with Gasteiger partial charge in [0.2, 0.25) is 0 Å². The highest BCUT2D eigenvalue weighted by Gasteiger charge is 2.22. The van der Waals surface area contributed by atoms with Gasteiger partial charge in [-0.15, -0.1) is 0 Å². The van der Waals surface area contributed by atoms with Crippen LogP contribution in [-0.4, -0.2) is 31.9 Å². The van der Waals surface area contributed by atoms with Gasteiger partial charge in [0.05, 0.1) is 17.8 Å². The molecule has 0 saturated heterocycles. The molecule has 0 aliphatic carbocycles. The van der Waals surface area contributed by atoms with Crippen molar-refractivity contribution in [3.8, 4) is 0 Å². The van der Waals surface area contributed by atoms with E-state index in [1.807, 2.05) is 41.9 Å². The smallest absolute Gasteiger partial charge is 0.255 e. The minimum atomic E-state index is -0.268.